The van der Waals surface area contributed by atoms with Gasteiger partial charge in [0.1, 0.15) is 11.8 Å². The first-order valence-electron chi connectivity index (χ1n) is 13.0. The highest BCUT2D eigenvalue weighted by Gasteiger charge is 2.74. The lowest BCUT2D eigenvalue weighted by molar-refractivity contribution is -0.232. The fourth-order valence-corrected chi connectivity index (χ4v) is 6.54. The number of nitrogens with one attached hydrogen (secondary N) is 6. The second kappa shape index (κ2) is 8.29. The van der Waals surface area contributed by atoms with E-state index in [1.54, 1.807) is 12.1 Å². The molecule has 8 N–H and O–H groups in total. The first-order valence-corrected chi connectivity index (χ1v) is 13.0. The number of aliphatic hydroxyl groups is 2. The van der Waals surface area contributed by atoms with Crippen molar-refractivity contribution in [2.24, 2.45) is 0 Å². The van der Waals surface area contributed by atoms with E-state index in [0.717, 1.165) is 16.9 Å². The van der Waals surface area contributed by atoms with E-state index in [9.17, 15) is 24.6 Å². The highest BCUT2D eigenvalue weighted by atomic mass is 16.5. The summed E-state index contributed by atoms with van der Waals surface area (Å²) in [6, 6.07) is 2.23. The summed E-state index contributed by atoms with van der Waals surface area (Å²) >= 11 is 0. The van der Waals surface area contributed by atoms with Crippen LogP contribution in [0.25, 0.3) is 0 Å². The van der Waals surface area contributed by atoms with Crippen molar-refractivity contribution in [2.45, 2.75) is 68.1 Å². The fourth-order valence-electron chi connectivity index (χ4n) is 6.54. The monoisotopic (exact) mass is 540 g/mol. The first-order chi connectivity index (χ1) is 18.4. The lowest BCUT2D eigenvalue weighted by atomic mass is 9.79. The normalized spacial score (nSPS) is 31.9. The minimum absolute atomic E-state index is 0.0918. The number of ether oxygens (including phenoxy) is 1. The van der Waals surface area contributed by atoms with Crippen LogP contribution in [-0.4, -0.2) is 98.9 Å². The van der Waals surface area contributed by atoms with Gasteiger partial charge in [-0.3, -0.25) is 30.1 Å². The number of hydrogen-bond donors (Lipinski definition) is 8. The molecule has 208 valence electrons. The molecule has 0 radical (unpaired) electrons. The Labute approximate surface area is 224 Å². The molecule has 14 nitrogen and oxygen atoms in total. The van der Waals surface area contributed by atoms with E-state index in [0.29, 0.717) is 12.4 Å². The van der Waals surface area contributed by atoms with Crippen LogP contribution in [0.4, 0.5) is 0 Å². The summed E-state index contributed by atoms with van der Waals surface area (Å²) in [5, 5.41) is 51.5. The maximum absolute atomic E-state index is 13.5. The Morgan fingerprint density at radius 1 is 1.18 bits per heavy atom. The number of amides is 3. The van der Waals surface area contributed by atoms with Gasteiger partial charge in [-0.15, -0.1) is 0 Å². The summed E-state index contributed by atoms with van der Waals surface area (Å²) in [5.41, 5.74) is -0.888. The number of likely N-dealkylation sites (tertiary alicyclic amines) is 1. The van der Waals surface area contributed by atoms with E-state index in [4.69, 9.17) is 15.6 Å². The maximum atomic E-state index is 13.5. The van der Waals surface area contributed by atoms with Crippen LogP contribution in [0, 0.1) is 10.8 Å². The number of hydrogen-bond acceptors (Lipinski definition) is 8. The topological polar surface area (TPSA) is 203 Å². The van der Waals surface area contributed by atoms with Gasteiger partial charge in [-0.25, -0.2) is 0 Å². The largest absolute Gasteiger partial charge is 0.492 e. The van der Waals surface area contributed by atoms with Gasteiger partial charge in [-0.1, -0.05) is 26.0 Å². The molecule has 5 heterocycles. The van der Waals surface area contributed by atoms with Crippen molar-refractivity contribution in [2.75, 3.05) is 19.7 Å². The molecule has 4 atom stereocenters. The molecule has 2 unspecified atom stereocenters. The summed E-state index contributed by atoms with van der Waals surface area (Å²) in [7, 11) is 0. The quantitative estimate of drug-likeness (QED) is 0.157. The van der Waals surface area contributed by atoms with Crippen molar-refractivity contribution in [1.82, 2.24) is 31.1 Å². The van der Waals surface area contributed by atoms with Crippen LogP contribution in [0.3, 0.4) is 0 Å². The minimum atomic E-state index is -2.68. The van der Waals surface area contributed by atoms with E-state index in [1.807, 2.05) is 6.07 Å². The van der Waals surface area contributed by atoms with Gasteiger partial charge in [0.15, 0.2) is 17.6 Å². The van der Waals surface area contributed by atoms with Crippen molar-refractivity contribution >= 4 is 29.6 Å². The van der Waals surface area contributed by atoms with Gasteiger partial charge in [0.2, 0.25) is 17.6 Å². The Bertz CT molecular complexity index is 1300. The number of guanidine groups is 2. The summed E-state index contributed by atoms with van der Waals surface area (Å²) in [4.78, 5) is 40.5. The van der Waals surface area contributed by atoms with Crippen molar-refractivity contribution < 1.29 is 29.3 Å². The molecule has 1 aromatic carbocycles. The predicted octanol–water partition coefficient (Wildman–Crippen LogP) is -1.91. The van der Waals surface area contributed by atoms with Crippen molar-refractivity contribution in [3.63, 3.8) is 0 Å². The predicted molar refractivity (Wildman–Crippen MR) is 136 cm³/mol. The lowest BCUT2D eigenvalue weighted by Gasteiger charge is -2.51. The minimum Gasteiger partial charge on any atom is -0.492 e. The summed E-state index contributed by atoms with van der Waals surface area (Å²) in [6.45, 7) is 4.29. The Hall–Kier alpha value is -3.91. The third-order valence-electron chi connectivity index (χ3n) is 8.70. The van der Waals surface area contributed by atoms with Gasteiger partial charge in [-0.2, -0.15) is 0 Å². The molecule has 6 rings (SSSR count). The zero-order chi connectivity index (χ0) is 27.9. The fraction of sp³-hybridized carbons (Fsp3) is 0.560. The van der Waals surface area contributed by atoms with Gasteiger partial charge < -0.3 is 41.1 Å². The molecule has 1 spiro atoms. The van der Waals surface area contributed by atoms with Crippen LogP contribution in [0.5, 0.6) is 5.75 Å². The van der Waals surface area contributed by atoms with Crippen LogP contribution in [0.2, 0.25) is 0 Å². The summed E-state index contributed by atoms with van der Waals surface area (Å²) < 4.78 is 5.87. The SMILES string of the molecule is CC1(C)CCOc2c(C(=O)NC3CN4C(=N)N[C@@H](CN5C(=O)CCC5=O)[C@@H]5NC(=N)NC54C3(O)O)cccc21. The summed E-state index contributed by atoms with van der Waals surface area (Å²) in [6.07, 6.45) is 0.974. The maximum Gasteiger partial charge on any atom is 0.255 e. The molecule has 4 fully saturated rings. The molecule has 0 aliphatic carbocycles. The molecular weight excluding hydrogens is 508 g/mol. The van der Waals surface area contributed by atoms with Gasteiger partial charge in [0.05, 0.1) is 30.8 Å². The number of fused-ring (bicyclic) bond motifs is 1. The number of carbonyl (C=O) groups excluding carboxylic acids is 3. The molecule has 5 aliphatic rings. The zero-order valence-electron chi connectivity index (χ0n) is 21.6. The van der Waals surface area contributed by atoms with Crippen LogP contribution < -0.4 is 26.0 Å². The molecular formula is C25H32N8O6. The lowest BCUT2D eigenvalue weighted by Crippen LogP contribution is -2.81. The Balaban J connectivity index is 1.31. The van der Waals surface area contributed by atoms with Crippen molar-refractivity contribution in [3.8, 4) is 5.75 Å². The molecule has 0 aromatic heterocycles. The van der Waals surface area contributed by atoms with Crippen molar-refractivity contribution in [1.29, 1.82) is 10.8 Å². The van der Waals surface area contributed by atoms with Gasteiger partial charge in [-0.05, 0) is 17.9 Å². The van der Waals surface area contributed by atoms with Crippen LogP contribution in [0.1, 0.15) is 49.0 Å². The number of imide groups is 1. The third kappa shape index (κ3) is 3.50. The van der Waals surface area contributed by atoms with E-state index >= 15 is 0 Å². The van der Waals surface area contributed by atoms with Crippen LogP contribution in [-0.2, 0) is 15.0 Å². The molecule has 3 amide bonds. The highest BCUT2D eigenvalue weighted by Crippen LogP contribution is 2.44. The zero-order valence-corrected chi connectivity index (χ0v) is 21.6. The third-order valence-corrected chi connectivity index (χ3v) is 8.70. The van der Waals surface area contributed by atoms with Gasteiger partial charge >= 0.3 is 0 Å². The van der Waals surface area contributed by atoms with E-state index in [-0.39, 0.29) is 60.6 Å². The molecule has 0 saturated carbocycles. The van der Waals surface area contributed by atoms with E-state index in [1.165, 1.54) is 4.90 Å². The second-order valence-corrected chi connectivity index (χ2v) is 11.4. The van der Waals surface area contributed by atoms with Crippen LogP contribution in [0.15, 0.2) is 18.2 Å². The van der Waals surface area contributed by atoms with Crippen LogP contribution >= 0.6 is 0 Å². The second-order valence-electron chi connectivity index (χ2n) is 11.4. The van der Waals surface area contributed by atoms with E-state index in [2.05, 4.69) is 35.1 Å². The number of nitrogens with zero attached hydrogens (tertiary/aromatic N) is 2. The molecule has 14 heteroatoms. The first kappa shape index (κ1) is 25.4. The molecule has 4 saturated heterocycles. The standard InChI is InChI=1S/C25H32N8O6/c1-23(2)8-9-39-18-12(4-3-5-13(18)23)20(36)29-15-11-33-22(27)28-14(10-32-16(34)6-7-17(32)35)19-24(33,25(15,37)38)31-21(26)30-19/h3-5,14-15,19,37-38H,6-11H2,1-2H3,(H2,27,28)(H,29,36)(H3,26,30,31)/t14-,15?,19-,24?/m0/s1. The Morgan fingerprint density at radius 3 is 2.62 bits per heavy atom. The number of para-hydroxylation sites is 1. The molecule has 1 aromatic rings. The highest BCUT2D eigenvalue weighted by molar-refractivity contribution is 6.02. The number of benzene rings is 1. The summed E-state index contributed by atoms with van der Waals surface area (Å²) in [5.74, 6) is -3.92. The Kier molecular flexibility index (Phi) is 5.40. The number of carbonyl (C=O) groups is 3. The van der Waals surface area contributed by atoms with Gasteiger partial charge in [0, 0.05) is 24.9 Å². The smallest absolute Gasteiger partial charge is 0.255 e. The van der Waals surface area contributed by atoms with E-state index < -0.39 is 35.5 Å². The number of rotatable bonds is 4. The molecule has 0 bridgehead atoms. The van der Waals surface area contributed by atoms with Gasteiger partial charge in [0.25, 0.3) is 5.91 Å². The average Bonchev–Trinajstić information content (AvgIpc) is 3.46. The Morgan fingerprint density at radius 2 is 1.90 bits per heavy atom. The average molecular weight is 541 g/mol. The molecule has 39 heavy (non-hydrogen) atoms. The molecule has 5 aliphatic heterocycles. The van der Waals surface area contributed by atoms with Crippen molar-refractivity contribution in [3.05, 3.63) is 29.3 Å².